The second-order valence-electron chi connectivity index (χ2n) is 10.4. The highest BCUT2D eigenvalue weighted by Crippen LogP contribution is 2.74. The molecule has 4 saturated carbocycles. The highest BCUT2D eigenvalue weighted by Gasteiger charge is 2.65. The van der Waals surface area contributed by atoms with Crippen LogP contribution in [0.25, 0.3) is 0 Å². The summed E-state index contributed by atoms with van der Waals surface area (Å²) in [4.78, 5) is 0. The zero-order valence-corrected chi connectivity index (χ0v) is 17.5. The molecule has 0 aromatic heterocycles. The van der Waals surface area contributed by atoms with Gasteiger partial charge in [0.1, 0.15) is 11.5 Å². The van der Waals surface area contributed by atoms with E-state index in [0.717, 1.165) is 0 Å². The number of hydrogen-bond donors (Lipinski definition) is 0. The summed E-state index contributed by atoms with van der Waals surface area (Å²) in [7, 11) is 0. The van der Waals surface area contributed by atoms with Gasteiger partial charge in [0, 0.05) is 5.41 Å². The molecule has 4 aliphatic carbocycles. The molecule has 0 heterocycles. The predicted molar refractivity (Wildman–Crippen MR) is 113 cm³/mol. The van der Waals surface area contributed by atoms with Crippen LogP contribution in [0.1, 0.15) is 63.0 Å². The van der Waals surface area contributed by atoms with Crippen LogP contribution in [0, 0.1) is 39.8 Å². The molecule has 4 fully saturated rings. The molecule has 4 aliphatic rings. The maximum Gasteiger partial charge on any atom is 0.292 e. The monoisotopic (exact) mass is 398 g/mol. The lowest BCUT2D eigenvalue weighted by molar-refractivity contribution is -0.125. The quantitative estimate of drug-likeness (QED) is 0.588. The lowest BCUT2D eigenvalue weighted by atomic mass is 9.35. The van der Waals surface area contributed by atoms with Crippen molar-refractivity contribution < 1.29 is 9.47 Å². The lowest BCUT2D eigenvalue weighted by Crippen LogP contribution is -2.60. The number of benzene rings is 2. The minimum Gasteiger partial charge on any atom is -0.388 e. The van der Waals surface area contributed by atoms with Crippen LogP contribution in [0.3, 0.4) is 0 Å². The zero-order valence-electron chi connectivity index (χ0n) is 17.5. The average Bonchev–Trinajstić information content (AvgIpc) is 2.68. The molecule has 0 N–H and O–H groups in total. The van der Waals surface area contributed by atoms with Crippen LogP contribution in [0.5, 0.6) is 11.5 Å². The van der Waals surface area contributed by atoms with Crippen molar-refractivity contribution in [3.8, 4) is 24.0 Å². The number of rotatable bonds is 4. The topological polar surface area (TPSA) is 66.0 Å². The molecule has 4 nitrogen and oxygen atoms in total. The van der Waals surface area contributed by atoms with Crippen LogP contribution in [0.15, 0.2) is 48.5 Å². The Morgan fingerprint density at radius 1 is 0.767 bits per heavy atom. The van der Waals surface area contributed by atoms with Crippen LogP contribution in [0.4, 0.5) is 0 Å². The van der Waals surface area contributed by atoms with E-state index in [4.69, 9.17) is 20.0 Å². The molecular formula is C26H26N2O2. The van der Waals surface area contributed by atoms with Crippen LogP contribution in [-0.4, -0.2) is 0 Å². The normalized spacial score (nSPS) is 36.0. The Hall–Kier alpha value is -2.98. The fourth-order valence-corrected chi connectivity index (χ4v) is 7.95. The number of hydrogen-bond acceptors (Lipinski definition) is 4. The van der Waals surface area contributed by atoms with E-state index in [1.54, 1.807) is 12.5 Å². The van der Waals surface area contributed by atoms with E-state index in [9.17, 15) is 0 Å². The predicted octanol–water partition coefficient (Wildman–Crippen LogP) is 6.05. The smallest absolute Gasteiger partial charge is 0.292 e. The molecule has 4 bridgehead atoms. The van der Waals surface area contributed by atoms with E-state index in [2.05, 4.69) is 38.1 Å². The Balaban J connectivity index is 1.62. The van der Waals surface area contributed by atoms with Crippen molar-refractivity contribution in [2.45, 2.75) is 57.3 Å². The molecule has 0 amide bonds. The highest BCUT2D eigenvalue weighted by molar-refractivity contribution is 5.43. The van der Waals surface area contributed by atoms with Gasteiger partial charge in [-0.1, -0.05) is 38.1 Å². The molecule has 3 atom stereocenters. The van der Waals surface area contributed by atoms with E-state index < -0.39 is 0 Å². The third kappa shape index (κ3) is 2.86. The Kier molecular flexibility index (Phi) is 4.13. The summed E-state index contributed by atoms with van der Waals surface area (Å²) in [6.45, 7) is 4.97. The van der Waals surface area contributed by atoms with Gasteiger partial charge < -0.3 is 9.47 Å². The number of nitrogens with zero attached hydrogens (tertiary/aromatic N) is 2. The van der Waals surface area contributed by atoms with Crippen molar-refractivity contribution in [2.75, 3.05) is 0 Å². The van der Waals surface area contributed by atoms with Gasteiger partial charge in [-0.2, -0.15) is 0 Å². The molecule has 0 aliphatic heterocycles. The lowest BCUT2D eigenvalue weighted by Gasteiger charge is -2.69. The molecule has 0 radical (unpaired) electrons. The van der Waals surface area contributed by atoms with E-state index in [-0.39, 0.29) is 5.41 Å². The van der Waals surface area contributed by atoms with Crippen molar-refractivity contribution in [1.29, 1.82) is 10.5 Å². The fourth-order valence-electron chi connectivity index (χ4n) is 7.95. The molecule has 2 aromatic carbocycles. The van der Waals surface area contributed by atoms with E-state index in [0.29, 0.717) is 34.2 Å². The van der Waals surface area contributed by atoms with Crippen LogP contribution in [0.2, 0.25) is 0 Å². The van der Waals surface area contributed by atoms with Crippen LogP contribution in [-0.2, 0) is 5.41 Å². The average molecular weight is 399 g/mol. The molecule has 0 spiro atoms. The first-order chi connectivity index (χ1) is 14.4. The minimum atomic E-state index is 0.0751. The van der Waals surface area contributed by atoms with E-state index >= 15 is 0 Å². The zero-order chi connectivity index (χ0) is 21.0. The summed E-state index contributed by atoms with van der Waals surface area (Å²) in [6, 6.07) is 16.4. The van der Waals surface area contributed by atoms with Crippen LogP contribution < -0.4 is 9.47 Å². The van der Waals surface area contributed by atoms with E-state index in [1.807, 2.05) is 24.3 Å². The van der Waals surface area contributed by atoms with Gasteiger partial charge in [0.15, 0.2) is 0 Å². The molecule has 2 aromatic rings. The SMILES string of the molecule is CC12CC3CC(C)(C1)CC(c1ccc(OC#N)cc1)(C2)C3c1ccc(OC#N)cc1. The maximum absolute atomic E-state index is 8.84. The summed E-state index contributed by atoms with van der Waals surface area (Å²) in [5, 5.41) is 17.6. The second-order valence-corrected chi connectivity index (χ2v) is 10.4. The second kappa shape index (κ2) is 6.51. The van der Waals surface area contributed by atoms with Gasteiger partial charge in [-0.05, 0) is 90.2 Å². The first-order valence-electron chi connectivity index (χ1n) is 10.7. The first-order valence-corrected chi connectivity index (χ1v) is 10.7. The van der Waals surface area contributed by atoms with Crippen LogP contribution >= 0.6 is 0 Å². The van der Waals surface area contributed by atoms with Gasteiger partial charge in [-0.25, -0.2) is 0 Å². The molecule has 4 heteroatoms. The Morgan fingerprint density at radius 2 is 1.27 bits per heavy atom. The molecule has 6 rings (SSSR count). The summed E-state index contributed by atoms with van der Waals surface area (Å²) < 4.78 is 10.0. The molecular weight excluding hydrogens is 372 g/mol. The summed E-state index contributed by atoms with van der Waals surface area (Å²) >= 11 is 0. The maximum atomic E-state index is 8.84. The van der Waals surface area contributed by atoms with Gasteiger partial charge in [0.05, 0.1) is 0 Å². The van der Waals surface area contributed by atoms with Crippen molar-refractivity contribution in [1.82, 2.24) is 0 Å². The largest absolute Gasteiger partial charge is 0.388 e. The van der Waals surface area contributed by atoms with Crippen molar-refractivity contribution in [2.24, 2.45) is 16.7 Å². The molecule has 30 heavy (non-hydrogen) atoms. The summed E-state index contributed by atoms with van der Waals surface area (Å²) in [6.07, 6.45) is 9.77. The minimum absolute atomic E-state index is 0.0751. The van der Waals surface area contributed by atoms with E-state index in [1.165, 1.54) is 43.2 Å². The van der Waals surface area contributed by atoms with Crippen molar-refractivity contribution in [3.63, 3.8) is 0 Å². The highest BCUT2D eigenvalue weighted by atomic mass is 16.5. The van der Waals surface area contributed by atoms with Gasteiger partial charge in [-0.15, -0.1) is 10.5 Å². The van der Waals surface area contributed by atoms with Gasteiger partial charge in [0.2, 0.25) is 0 Å². The Bertz CT molecular complexity index is 1030. The van der Waals surface area contributed by atoms with Gasteiger partial charge >= 0.3 is 0 Å². The molecule has 3 unspecified atom stereocenters. The molecule has 152 valence electrons. The van der Waals surface area contributed by atoms with Crippen molar-refractivity contribution >= 4 is 0 Å². The van der Waals surface area contributed by atoms with Gasteiger partial charge in [-0.3, -0.25) is 0 Å². The molecule has 0 saturated heterocycles. The number of ether oxygens (including phenoxy) is 2. The fraction of sp³-hybridized carbons (Fsp3) is 0.462. The van der Waals surface area contributed by atoms with Crippen molar-refractivity contribution in [3.05, 3.63) is 59.7 Å². The third-order valence-electron chi connectivity index (χ3n) is 7.91. The third-order valence-corrected chi connectivity index (χ3v) is 7.91. The Morgan fingerprint density at radius 3 is 1.77 bits per heavy atom. The summed E-state index contributed by atoms with van der Waals surface area (Å²) in [5.41, 5.74) is 3.52. The van der Waals surface area contributed by atoms with Gasteiger partial charge in [0.25, 0.3) is 12.5 Å². The first kappa shape index (κ1) is 19.0. The summed E-state index contributed by atoms with van der Waals surface area (Å²) in [5.74, 6) is 2.28. The number of nitriles is 2. The standard InChI is InChI=1S/C26H26N2O2/c1-24-11-19-12-25(2,13-24)15-26(14-24,20-5-9-22(10-6-20)30-17-28)23(19)18-3-7-21(8-4-18)29-16-27/h3-10,19,23H,11-15H2,1-2H3. The Labute approximate surface area is 178 Å².